The first-order valence-corrected chi connectivity index (χ1v) is 6.40. The van der Waals surface area contributed by atoms with E-state index in [0.717, 1.165) is 12.1 Å². The fourth-order valence-corrected chi connectivity index (χ4v) is 2.02. The van der Waals surface area contributed by atoms with Gasteiger partial charge in [-0.2, -0.15) is 13.2 Å². The molecule has 8 heteroatoms. The summed E-state index contributed by atoms with van der Waals surface area (Å²) < 4.78 is 65.3. The number of hydrogen-bond donors (Lipinski definition) is 1. The van der Waals surface area contributed by atoms with Crippen molar-refractivity contribution >= 4 is 22.4 Å². The fraction of sp³-hybridized carbons (Fsp3) is 0.0667. The molecule has 0 aliphatic rings. The van der Waals surface area contributed by atoms with Crippen LogP contribution < -0.4 is 5.32 Å². The third-order valence-corrected chi connectivity index (χ3v) is 3.04. The Morgan fingerprint density at radius 1 is 0.913 bits per heavy atom. The van der Waals surface area contributed by atoms with Gasteiger partial charge in [-0.3, -0.25) is 0 Å². The van der Waals surface area contributed by atoms with Crippen LogP contribution in [0.4, 0.5) is 33.5 Å². The van der Waals surface area contributed by atoms with Gasteiger partial charge < -0.3 is 5.32 Å². The second kappa shape index (κ2) is 5.45. The highest BCUT2D eigenvalue weighted by Gasteiger charge is 2.35. The van der Waals surface area contributed by atoms with Crippen LogP contribution in [0.1, 0.15) is 5.82 Å². The third kappa shape index (κ3) is 3.05. The molecule has 0 saturated heterocycles. The summed E-state index contributed by atoms with van der Waals surface area (Å²) in [5, 5.41) is 2.74. The number of hydrogen-bond acceptors (Lipinski definition) is 3. The molecular weight excluding hydrogens is 317 g/mol. The molecule has 0 radical (unpaired) electrons. The molecule has 0 spiro atoms. The minimum atomic E-state index is -4.75. The number of rotatable bonds is 2. The van der Waals surface area contributed by atoms with Crippen LogP contribution in [0, 0.1) is 11.6 Å². The lowest BCUT2D eigenvalue weighted by Gasteiger charge is -2.12. The number of alkyl halides is 3. The number of nitrogens with one attached hydrogen (secondary N) is 1. The van der Waals surface area contributed by atoms with Crippen LogP contribution in [-0.2, 0) is 6.18 Å². The van der Waals surface area contributed by atoms with Crippen molar-refractivity contribution in [1.29, 1.82) is 0 Å². The minimum Gasteiger partial charge on any atom is -0.337 e. The van der Waals surface area contributed by atoms with Gasteiger partial charge in [0.05, 0.1) is 11.2 Å². The van der Waals surface area contributed by atoms with Crippen molar-refractivity contribution in [1.82, 2.24) is 9.97 Å². The summed E-state index contributed by atoms with van der Waals surface area (Å²) in [5.41, 5.74) is -0.136. The van der Waals surface area contributed by atoms with Gasteiger partial charge in [0.1, 0.15) is 17.5 Å². The SMILES string of the molecule is Fc1ccc(Nc2nc(C(F)(F)F)nc3ccccc23)c(F)c1. The Labute approximate surface area is 126 Å². The Hall–Kier alpha value is -2.77. The molecule has 3 nitrogen and oxygen atoms in total. The van der Waals surface area contributed by atoms with E-state index in [9.17, 15) is 22.0 Å². The zero-order valence-corrected chi connectivity index (χ0v) is 11.3. The highest BCUT2D eigenvalue weighted by Crippen LogP contribution is 2.31. The summed E-state index contributed by atoms with van der Waals surface area (Å²) >= 11 is 0. The van der Waals surface area contributed by atoms with Gasteiger partial charge in [0.2, 0.25) is 5.82 Å². The van der Waals surface area contributed by atoms with Crippen molar-refractivity contribution in [2.24, 2.45) is 0 Å². The van der Waals surface area contributed by atoms with Crippen LogP contribution in [0.15, 0.2) is 42.5 Å². The summed E-state index contributed by atoms with van der Waals surface area (Å²) in [5.74, 6) is -3.30. The monoisotopic (exact) mass is 325 g/mol. The Balaban J connectivity index is 2.15. The standard InChI is InChI=1S/C15H8F5N3/c16-8-5-6-12(10(17)7-8)21-13-9-3-1-2-4-11(9)22-14(23-13)15(18,19)20/h1-7H,(H,21,22,23). The molecule has 0 saturated carbocycles. The summed E-state index contributed by atoms with van der Waals surface area (Å²) in [6, 6.07) is 8.69. The molecule has 0 aliphatic carbocycles. The number of halogens is 5. The quantitative estimate of drug-likeness (QED) is 0.696. The van der Waals surface area contributed by atoms with Crippen LogP contribution in [0.2, 0.25) is 0 Å². The lowest BCUT2D eigenvalue weighted by molar-refractivity contribution is -0.144. The predicted molar refractivity (Wildman–Crippen MR) is 74.2 cm³/mol. The maximum Gasteiger partial charge on any atom is 0.451 e. The van der Waals surface area contributed by atoms with Crippen molar-refractivity contribution in [3.05, 3.63) is 59.9 Å². The molecule has 1 heterocycles. The average molecular weight is 325 g/mol. The van der Waals surface area contributed by atoms with Crippen molar-refractivity contribution < 1.29 is 22.0 Å². The van der Waals surface area contributed by atoms with Gasteiger partial charge in [0.15, 0.2) is 0 Å². The van der Waals surface area contributed by atoms with Crippen molar-refractivity contribution in [3.8, 4) is 0 Å². The van der Waals surface area contributed by atoms with E-state index in [1.807, 2.05) is 0 Å². The van der Waals surface area contributed by atoms with E-state index in [1.54, 1.807) is 6.07 Å². The Kier molecular flexibility index (Phi) is 3.59. The van der Waals surface area contributed by atoms with Crippen molar-refractivity contribution in [3.63, 3.8) is 0 Å². The molecule has 0 atom stereocenters. The van der Waals surface area contributed by atoms with Crippen molar-refractivity contribution in [2.75, 3.05) is 5.32 Å². The molecule has 0 bridgehead atoms. The molecule has 2 aromatic carbocycles. The topological polar surface area (TPSA) is 37.8 Å². The maximum atomic E-state index is 13.7. The number of benzene rings is 2. The molecule has 3 aromatic rings. The smallest absolute Gasteiger partial charge is 0.337 e. The number of nitrogens with zero attached hydrogens (tertiary/aromatic N) is 2. The third-order valence-electron chi connectivity index (χ3n) is 3.04. The van der Waals surface area contributed by atoms with Gasteiger partial charge in [-0.05, 0) is 24.3 Å². The largest absolute Gasteiger partial charge is 0.451 e. The average Bonchev–Trinajstić information content (AvgIpc) is 2.49. The van der Waals surface area contributed by atoms with Crippen LogP contribution in [0.25, 0.3) is 10.9 Å². The molecule has 0 amide bonds. The maximum absolute atomic E-state index is 13.7. The van der Waals surface area contributed by atoms with E-state index in [4.69, 9.17) is 0 Å². The second-order valence-corrected chi connectivity index (χ2v) is 4.66. The molecule has 0 fully saturated rings. The van der Waals surface area contributed by atoms with E-state index in [1.165, 1.54) is 18.2 Å². The lowest BCUT2D eigenvalue weighted by atomic mass is 10.2. The Morgan fingerprint density at radius 3 is 2.35 bits per heavy atom. The van der Waals surface area contributed by atoms with Gasteiger partial charge >= 0.3 is 6.18 Å². The van der Waals surface area contributed by atoms with E-state index < -0.39 is 23.6 Å². The van der Waals surface area contributed by atoms with Crippen LogP contribution in [-0.4, -0.2) is 9.97 Å². The van der Waals surface area contributed by atoms with E-state index in [2.05, 4.69) is 15.3 Å². The second-order valence-electron chi connectivity index (χ2n) is 4.66. The molecule has 0 unspecified atom stereocenters. The fourth-order valence-electron chi connectivity index (χ4n) is 2.02. The molecule has 118 valence electrons. The molecule has 23 heavy (non-hydrogen) atoms. The zero-order chi connectivity index (χ0) is 16.6. The van der Waals surface area contributed by atoms with E-state index in [0.29, 0.717) is 6.07 Å². The summed E-state index contributed by atoms with van der Waals surface area (Å²) in [7, 11) is 0. The number of fused-ring (bicyclic) bond motifs is 1. The summed E-state index contributed by atoms with van der Waals surface area (Å²) in [4.78, 5) is 6.88. The Morgan fingerprint density at radius 2 is 1.65 bits per heavy atom. The zero-order valence-electron chi connectivity index (χ0n) is 11.3. The van der Waals surface area contributed by atoms with E-state index in [-0.39, 0.29) is 22.4 Å². The number of para-hydroxylation sites is 1. The molecule has 1 N–H and O–H groups in total. The molecule has 3 rings (SSSR count). The first-order valence-electron chi connectivity index (χ1n) is 6.40. The van der Waals surface area contributed by atoms with Gasteiger partial charge in [-0.15, -0.1) is 0 Å². The number of anilines is 2. The van der Waals surface area contributed by atoms with Gasteiger partial charge in [-0.1, -0.05) is 12.1 Å². The van der Waals surface area contributed by atoms with Crippen LogP contribution in [0.3, 0.4) is 0 Å². The van der Waals surface area contributed by atoms with Gasteiger partial charge in [0.25, 0.3) is 0 Å². The highest BCUT2D eigenvalue weighted by atomic mass is 19.4. The highest BCUT2D eigenvalue weighted by molar-refractivity contribution is 5.90. The number of aromatic nitrogens is 2. The first kappa shape index (κ1) is 15.1. The summed E-state index contributed by atoms with van der Waals surface area (Å²) in [6.45, 7) is 0. The van der Waals surface area contributed by atoms with Crippen LogP contribution >= 0.6 is 0 Å². The van der Waals surface area contributed by atoms with Crippen LogP contribution in [0.5, 0.6) is 0 Å². The van der Waals surface area contributed by atoms with E-state index >= 15 is 0 Å². The molecule has 0 aliphatic heterocycles. The van der Waals surface area contributed by atoms with Crippen molar-refractivity contribution in [2.45, 2.75) is 6.18 Å². The predicted octanol–water partition coefficient (Wildman–Crippen LogP) is 4.67. The minimum absolute atomic E-state index is 0.0554. The van der Waals surface area contributed by atoms with Gasteiger partial charge in [-0.25, -0.2) is 18.7 Å². The lowest BCUT2D eigenvalue weighted by Crippen LogP contribution is -2.13. The summed E-state index contributed by atoms with van der Waals surface area (Å²) in [6.07, 6.45) is -4.75. The normalized spacial score (nSPS) is 11.7. The Bertz CT molecular complexity index is 877. The van der Waals surface area contributed by atoms with Gasteiger partial charge in [0, 0.05) is 11.5 Å². The first-order chi connectivity index (χ1) is 10.8. The molecule has 1 aromatic heterocycles. The molecular formula is C15H8F5N3.